The van der Waals surface area contributed by atoms with Gasteiger partial charge in [0.15, 0.2) is 6.10 Å². The van der Waals surface area contributed by atoms with Crippen molar-refractivity contribution in [2.75, 3.05) is 47.5 Å². The Kier molecular flexibility index (Phi) is 55.7. The van der Waals surface area contributed by atoms with Crippen LogP contribution >= 0.6 is 0 Å². The summed E-state index contributed by atoms with van der Waals surface area (Å²) in [6.45, 7) is 4.92. The number of carbonyl (C=O) groups excluding carboxylic acids is 2. The van der Waals surface area contributed by atoms with E-state index in [2.05, 4.69) is 26.0 Å². The van der Waals surface area contributed by atoms with Gasteiger partial charge in [-0.2, -0.15) is 0 Å². The molecular weight excluding hydrogens is 923 g/mol. The highest BCUT2D eigenvalue weighted by Gasteiger charge is 2.25. The minimum absolute atomic E-state index is 0.179. The predicted molar refractivity (Wildman–Crippen MR) is 314 cm³/mol. The van der Waals surface area contributed by atoms with Crippen LogP contribution in [-0.4, -0.2) is 87.4 Å². The van der Waals surface area contributed by atoms with Gasteiger partial charge in [0.2, 0.25) is 0 Å². The van der Waals surface area contributed by atoms with E-state index in [1.165, 1.54) is 244 Å². The van der Waals surface area contributed by atoms with E-state index in [9.17, 15) is 19.5 Å². The molecule has 0 aliphatic carbocycles. The van der Waals surface area contributed by atoms with Crippen LogP contribution in [0, 0.1) is 0 Å². The van der Waals surface area contributed by atoms with Crippen LogP contribution in [-0.2, 0) is 33.3 Å². The molecule has 2 atom stereocenters. The number of allylic oxidation sites excluding steroid dienone is 2. The molecule has 0 heterocycles. The summed E-state index contributed by atoms with van der Waals surface area (Å²) in [7, 11) is 5.98. The lowest BCUT2D eigenvalue weighted by Gasteiger charge is -2.25. The van der Waals surface area contributed by atoms with Crippen molar-refractivity contribution >= 4 is 17.9 Å². The Morgan fingerprint density at radius 2 is 0.689 bits per heavy atom. The van der Waals surface area contributed by atoms with Crippen LogP contribution in [0.25, 0.3) is 0 Å². The number of esters is 2. The third-order valence-corrected chi connectivity index (χ3v) is 14.8. The number of carbonyl (C=O) groups is 3. The highest BCUT2D eigenvalue weighted by molar-refractivity contribution is 5.71. The second-order valence-corrected chi connectivity index (χ2v) is 23.4. The Balaban J connectivity index is 3.97. The number of rotatable bonds is 61. The number of ether oxygens (including phenoxy) is 4. The molecule has 0 spiro atoms. The summed E-state index contributed by atoms with van der Waals surface area (Å²) in [6.07, 6.45) is 64.8. The standard InChI is InChI=1S/C65H125NO8/c1-6-8-10-12-14-16-18-20-22-23-24-25-26-27-28-29-30-31-32-33-34-35-36-37-38-39-40-42-43-45-47-49-51-53-55-62(67)72-59-61(60-73-65(64(69)70)71-58-57-66(3,4)5)74-63(68)56-54-52-50-48-46-44-41-21-19-17-15-13-11-9-7-2/h21,41,61,65H,6-20,22-40,42-60H2,1-5H3/p+1/b41-21-. The lowest BCUT2D eigenvalue weighted by molar-refractivity contribution is -0.870. The molecular formula is C65H126NO8+. The smallest absolute Gasteiger partial charge is 0.361 e. The second-order valence-electron chi connectivity index (χ2n) is 23.4. The van der Waals surface area contributed by atoms with Gasteiger partial charge in [0, 0.05) is 12.8 Å². The van der Waals surface area contributed by atoms with E-state index in [0.29, 0.717) is 23.9 Å². The van der Waals surface area contributed by atoms with Crippen molar-refractivity contribution in [3.63, 3.8) is 0 Å². The summed E-state index contributed by atoms with van der Waals surface area (Å²) in [5, 5.41) is 9.70. The van der Waals surface area contributed by atoms with Gasteiger partial charge in [-0.15, -0.1) is 0 Å². The molecule has 2 unspecified atom stereocenters. The number of hydrogen-bond acceptors (Lipinski definition) is 7. The van der Waals surface area contributed by atoms with E-state index in [-0.39, 0.29) is 32.2 Å². The van der Waals surface area contributed by atoms with Gasteiger partial charge in [-0.25, -0.2) is 4.79 Å². The van der Waals surface area contributed by atoms with E-state index >= 15 is 0 Å². The van der Waals surface area contributed by atoms with Crippen molar-refractivity contribution in [2.24, 2.45) is 0 Å². The zero-order valence-corrected chi connectivity index (χ0v) is 50.0. The first-order chi connectivity index (χ1) is 36.1. The average Bonchev–Trinajstić information content (AvgIpc) is 3.37. The largest absolute Gasteiger partial charge is 0.477 e. The molecule has 0 radical (unpaired) electrons. The number of carboxylic acids is 1. The van der Waals surface area contributed by atoms with Gasteiger partial charge in [0.05, 0.1) is 34.4 Å². The molecule has 0 saturated carbocycles. The van der Waals surface area contributed by atoms with Crippen molar-refractivity contribution < 1.29 is 42.9 Å². The minimum atomic E-state index is -1.51. The number of quaternary nitrogens is 1. The Bertz CT molecular complexity index is 1220. The normalized spacial score (nSPS) is 12.7. The van der Waals surface area contributed by atoms with Gasteiger partial charge < -0.3 is 28.5 Å². The molecule has 0 aliphatic heterocycles. The van der Waals surface area contributed by atoms with Crippen molar-refractivity contribution in [3.8, 4) is 0 Å². The first-order valence-electron chi connectivity index (χ1n) is 32.4. The molecule has 0 rings (SSSR count). The van der Waals surface area contributed by atoms with Gasteiger partial charge >= 0.3 is 17.9 Å². The van der Waals surface area contributed by atoms with Gasteiger partial charge in [0.25, 0.3) is 6.29 Å². The van der Waals surface area contributed by atoms with Crippen LogP contribution in [0.15, 0.2) is 12.2 Å². The summed E-state index contributed by atoms with van der Waals surface area (Å²) in [6, 6.07) is 0. The summed E-state index contributed by atoms with van der Waals surface area (Å²) in [5.41, 5.74) is 0. The molecule has 438 valence electrons. The molecule has 0 bridgehead atoms. The zero-order chi connectivity index (χ0) is 54.1. The monoisotopic (exact) mass is 1050 g/mol. The molecule has 0 aromatic carbocycles. The Morgan fingerprint density at radius 1 is 0.392 bits per heavy atom. The maximum Gasteiger partial charge on any atom is 0.361 e. The summed E-state index contributed by atoms with van der Waals surface area (Å²) < 4.78 is 22.9. The van der Waals surface area contributed by atoms with E-state index in [4.69, 9.17) is 18.9 Å². The molecule has 0 saturated heterocycles. The molecule has 0 fully saturated rings. The third-order valence-electron chi connectivity index (χ3n) is 14.8. The fourth-order valence-corrected chi connectivity index (χ4v) is 9.78. The lowest BCUT2D eigenvalue weighted by Crippen LogP contribution is -2.40. The molecule has 0 amide bonds. The number of carboxylic acid groups (broad SMARTS) is 1. The van der Waals surface area contributed by atoms with Crippen LogP contribution in [0.3, 0.4) is 0 Å². The maximum absolute atomic E-state index is 12.8. The Labute approximate surface area is 459 Å². The van der Waals surface area contributed by atoms with Gasteiger partial charge in [-0.1, -0.05) is 289 Å². The minimum Gasteiger partial charge on any atom is -0.477 e. The summed E-state index contributed by atoms with van der Waals surface area (Å²) in [5.74, 6) is -1.99. The van der Waals surface area contributed by atoms with E-state index in [1.807, 2.05) is 21.1 Å². The van der Waals surface area contributed by atoms with Crippen LogP contribution in [0.1, 0.15) is 328 Å². The van der Waals surface area contributed by atoms with Gasteiger partial charge in [-0.3, -0.25) is 9.59 Å². The molecule has 1 N–H and O–H groups in total. The highest BCUT2D eigenvalue weighted by Crippen LogP contribution is 2.18. The SMILES string of the molecule is CCCCCCCC/C=C\CCCCCCCC(=O)OC(COC(=O)CCCCCCCCCCCCCCCCCCCCCCCCCCCCCCCCCCCC)COC(OCC[N+](C)(C)C)C(=O)O. The van der Waals surface area contributed by atoms with Gasteiger partial charge in [0.1, 0.15) is 13.2 Å². The maximum atomic E-state index is 12.8. The van der Waals surface area contributed by atoms with Gasteiger partial charge in [-0.05, 0) is 38.5 Å². The topological polar surface area (TPSA) is 108 Å². The van der Waals surface area contributed by atoms with Crippen LogP contribution in [0.4, 0.5) is 0 Å². The second kappa shape index (κ2) is 57.2. The van der Waals surface area contributed by atoms with Crippen molar-refractivity contribution in [2.45, 2.75) is 341 Å². The number of nitrogens with zero attached hydrogens (tertiary/aromatic N) is 1. The van der Waals surface area contributed by atoms with Crippen LogP contribution < -0.4 is 0 Å². The Hall–Kier alpha value is -1.97. The zero-order valence-electron chi connectivity index (χ0n) is 50.0. The number of hydrogen-bond donors (Lipinski definition) is 1. The molecule has 74 heavy (non-hydrogen) atoms. The molecule has 9 nitrogen and oxygen atoms in total. The predicted octanol–water partition coefficient (Wildman–Crippen LogP) is 19.3. The van der Waals surface area contributed by atoms with E-state index < -0.39 is 24.3 Å². The van der Waals surface area contributed by atoms with E-state index in [0.717, 1.165) is 51.4 Å². The fourth-order valence-electron chi connectivity index (χ4n) is 9.78. The van der Waals surface area contributed by atoms with Crippen molar-refractivity contribution in [1.29, 1.82) is 0 Å². The molecule has 0 aliphatic rings. The van der Waals surface area contributed by atoms with Crippen molar-refractivity contribution in [1.82, 2.24) is 0 Å². The number of unbranched alkanes of at least 4 members (excludes halogenated alkanes) is 44. The lowest BCUT2D eigenvalue weighted by atomic mass is 10.0. The van der Waals surface area contributed by atoms with Crippen LogP contribution in [0.2, 0.25) is 0 Å². The molecule has 0 aromatic heterocycles. The summed E-state index contributed by atoms with van der Waals surface area (Å²) >= 11 is 0. The van der Waals surface area contributed by atoms with E-state index in [1.54, 1.807) is 0 Å². The highest BCUT2D eigenvalue weighted by atomic mass is 16.7. The molecule has 0 aromatic rings. The van der Waals surface area contributed by atoms with Crippen LogP contribution in [0.5, 0.6) is 0 Å². The van der Waals surface area contributed by atoms with Crippen molar-refractivity contribution in [3.05, 3.63) is 12.2 Å². The number of aliphatic carboxylic acids is 1. The average molecular weight is 1050 g/mol. The molecule has 9 heteroatoms. The third kappa shape index (κ3) is 57.7. The number of likely N-dealkylation sites (N-methyl/N-ethyl adjacent to an activating group) is 1. The Morgan fingerprint density at radius 3 is 1.00 bits per heavy atom. The first-order valence-corrected chi connectivity index (χ1v) is 32.4. The fraction of sp³-hybridized carbons (Fsp3) is 0.923. The quantitative estimate of drug-likeness (QED) is 0.0211. The first kappa shape index (κ1) is 72.0. The summed E-state index contributed by atoms with van der Waals surface area (Å²) in [4.78, 5) is 37.4.